The van der Waals surface area contributed by atoms with Crippen molar-refractivity contribution in [1.82, 2.24) is 0 Å². The van der Waals surface area contributed by atoms with Crippen LogP contribution in [-0.4, -0.2) is 24.9 Å². The maximum absolute atomic E-state index is 11.1. The molecule has 1 aliphatic rings. The van der Waals surface area contributed by atoms with E-state index in [0.29, 0.717) is 0 Å². The Bertz CT molecular complexity index is 380. The van der Waals surface area contributed by atoms with E-state index in [9.17, 15) is 9.59 Å². The van der Waals surface area contributed by atoms with Crippen LogP contribution in [0.15, 0.2) is 24.3 Å². The molecule has 0 unspecified atom stereocenters. The quantitative estimate of drug-likeness (QED) is 0.704. The van der Waals surface area contributed by atoms with Crippen LogP contribution >= 0.6 is 0 Å². The third-order valence-electron chi connectivity index (χ3n) is 3.24. The summed E-state index contributed by atoms with van der Waals surface area (Å²) in [7, 11) is 0. The zero-order chi connectivity index (χ0) is 11.7. The minimum Gasteiger partial charge on any atom is -0.308 e. The molecule has 2 atom stereocenters. The lowest BCUT2D eigenvalue weighted by molar-refractivity contribution is -0.109. The van der Waals surface area contributed by atoms with Crippen molar-refractivity contribution in [3.63, 3.8) is 0 Å². The van der Waals surface area contributed by atoms with Gasteiger partial charge < -0.3 is 9.80 Å². The SMILES string of the molecule is C[C@@H]1[C@H](C)N(C=O)c2ccccc2N1C=O. The van der Waals surface area contributed by atoms with Crippen molar-refractivity contribution >= 4 is 24.2 Å². The first-order valence-electron chi connectivity index (χ1n) is 5.27. The van der Waals surface area contributed by atoms with Crippen molar-refractivity contribution in [2.24, 2.45) is 0 Å². The average molecular weight is 218 g/mol. The van der Waals surface area contributed by atoms with E-state index in [4.69, 9.17) is 0 Å². The number of hydrogen-bond donors (Lipinski definition) is 0. The first-order chi connectivity index (χ1) is 7.70. The molecule has 16 heavy (non-hydrogen) atoms. The van der Waals surface area contributed by atoms with Gasteiger partial charge in [0.15, 0.2) is 0 Å². The molecule has 4 nitrogen and oxygen atoms in total. The molecular weight excluding hydrogens is 204 g/mol. The van der Waals surface area contributed by atoms with E-state index in [-0.39, 0.29) is 12.1 Å². The number of carbonyl (C=O) groups is 2. The molecule has 0 spiro atoms. The van der Waals surface area contributed by atoms with Crippen LogP contribution in [0, 0.1) is 0 Å². The Kier molecular flexibility index (Phi) is 2.64. The molecule has 0 radical (unpaired) electrons. The number of benzene rings is 1. The Hall–Kier alpha value is -1.84. The van der Waals surface area contributed by atoms with E-state index >= 15 is 0 Å². The Morgan fingerprint density at radius 2 is 1.31 bits per heavy atom. The number of amides is 2. The van der Waals surface area contributed by atoms with Gasteiger partial charge in [-0.2, -0.15) is 0 Å². The fraction of sp³-hybridized carbons (Fsp3) is 0.333. The van der Waals surface area contributed by atoms with Crippen LogP contribution in [0.2, 0.25) is 0 Å². The maximum Gasteiger partial charge on any atom is 0.214 e. The number of para-hydroxylation sites is 2. The molecular formula is C12H14N2O2. The van der Waals surface area contributed by atoms with E-state index in [1.165, 1.54) is 0 Å². The number of carbonyl (C=O) groups excluding carboxylic acids is 2. The minimum atomic E-state index is -0.0161. The Morgan fingerprint density at radius 1 is 0.938 bits per heavy atom. The Morgan fingerprint density at radius 3 is 1.62 bits per heavy atom. The Balaban J connectivity index is 2.58. The average Bonchev–Trinajstić information content (AvgIpc) is 2.31. The fourth-order valence-electron chi connectivity index (χ4n) is 2.11. The van der Waals surface area contributed by atoms with Crippen LogP contribution in [0.4, 0.5) is 11.4 Å². The highest BCUT2D eigenvalue weighted by molar-refractivity contribution is 5.93. The second-order valence-corrected chi connectivity index (χ2v) is 4.00. The first kappa shape index (κ1) is 10.7. The number of nitrogens with zero attached hydrogens (tertiary/aromatic N) is 2. The van der Waals surface area contributed by atoms with Gasteiger partial charge in [0, 0.05) is 0 Å². The predicted molar refractivity (Wildman–Crippen MR) is 62.5 cm³/mol. The maximum atomic E-state index is 11.1. The summed E-state index contributed by atoms with van der Waals surface area (Å²) in [5, 5.41) is 0. The van der Waals surface area contributed by atoms with Crippen LogP contribution in [0.25, 0.3) is 0 Å². The number of anilines is 2. The molecule has 1 aliphatic heterocycles. The van der Waals surface area contributed by atoms with E-state index in [1.807, 2.05) is 38.1 Å². The lowest BCUT2D eigenvalue weighted by Crippen LogP contribution is -2.52. The van der Waals surface area contributed by atoms with Gasteiger partial charge in [0.25, 0.3) is 0 Å². The molecule has 1 heterocycles. The van der Waals surface area contributed by atoms with Gasteiger partial charge in [0.1, 0.15) is 0 Å². The van der Waals surface area contributed by atoms with Crippen molar-refractivity contribution in [1.29, 1.82) is 0 Å². The van der Waals surface area contributed by atoms with Gasteiger partial charge in [0.05, 0.1) is 23.5 Å². The van der Waals surface area contributed by atoms with Crippen LogP contribution in [0.1, 0.15) is 13.8 Å². The highest BCUT2D eigenvalue weighted by atomic mass is 16.1. The summed E-state index contributed by atoms with van der Waals surface area (Å²) in [4.78, 5) is 25.5. The van der Waals surface area contributed by atoms with Crippen molar-refractivity contribution in [2.45, 2.75) is 25.9 Å². The fourth-order valence-corrected chi connectivity index (χ4v) is 2.11. The van der Waals surface area contributed by atoms with Gasteiger partial charge >= 0.3 is 0 Å². The molecule has 4 heteroatoms. The molecule has 0 aromatic heterocycles. The van der Waals surface area contributed by atoms with Crippen molar-refractivity contribution in [3.8, 4) is 0 Å². The number of rotatable bonds is 2. The lowest BCUT2D eigenvalue weighted by Gasteiger charge is -2.42. The summed E-state index contributed by atoms with van der Waals surface area (Å²) in [5.41, 5.74) is 1.57. The molecule has 0 aliphatic carbocycles. The summed E-state index contributed by atoms with van der Waals surface area (Å²) in [6, 6.07) is 7.39. The molecule has 0 saturated heterocycles. The zero-order valence-electron chi connectivity index (χ0n) is 9.33. The van der Waals surface area contributed by atoms with Crippen LogP contribution in [-0.2, 0) is 9.59 Å². The van der Waals surface area contributed by atoms with E-state index < -0.39 is 0 Å². The van der Waals surface area contributed by atoms with Gasteiger partial charge in [-0.3, -0.25) is 9.59 Å². The number of hydrogen-bond acceptors (Lipinski definition) is 2. The minimum absolute atomic E-state index is 0.0161. The molecule has 1 aromatic rings. The van der Waals surface area contributed by atoms with Gasteiger partial charge in [-0.25, -0.2) is 0 Å². The lowest BCUT2D eigenvalue weighted by atomic mass is 10.0. The second-order valence-electron chi connectivity index (χ2n) is 4.00. The van der Waals surface area contributed by atoms with Gasteiger partial charge in [0.2, 0.25) is 12.8 Å². The largest absolute Gasteiger partial charge is 0.308 e. The van der Waals surface area contributed by atoms with Crippen molar-refractivity contribution in [2.75, 3.05) is 9.80 Å². The van der Waals surface area contributed by atoms with E-state index in [2.05, 4.69) is 0 Å². The summed E-state index contributed by atoms with van der Waals surface area (Å²) in [6.45, 7) is 3.87. The summed E-state index contributed by atoms with van der Waals surface area (Å²) in [5.74, 6) is 0. The molecule has 84 valence electrons. The van der Waals surface area contributed by atoms with E-state index in [0.717, 1.165) is 24.2 Å². The van der Waals surface area contributed by atoms with Crippen LogP contribution in [0.3, 0.4) is 0 Å². The molecule has 1 aromatic carbocycles. The second kappa shape index (κ2) is 3.96. The molecule has 2 amide bonds. The van der Waals surface area contributed by atoms with Crippen molar-refractivity contribution < 1.29 is 9.59 Å². The summed E-state index contributed by atoms with van der Waals surface area (Å²) in [6.07, 6.45) is 1.64. The monoisotopic (exact) mass is 218 g/mol. The topological polar surface area (TPSA) is 40.6 Å². The number of fused-ring (bicyclic) bond motifs is 1. The molecule has 0 N–H and O–H groups in total. The molecule has 0 bridgehead atoms. The molecule has 2 rings (SSSR count). The van der Waals surface area contributed by atoms with E-state index in [1.54, 1.807) is 9.80 Å². The molecule has 0 fully saturated rings. The van der Waals surface area contributed by atoms with Gasteiger partial charge in [-0.15, -0.1) is 0 Å². The third kappa shape index (κ3) is 1.38. The molecule has 0 saturated carbocycles. The van der Waals surface area contributed by atoms with Crippen molar-refractivity contribution in [3.05, 3.63) is 24.3 Å². The summed E-state index contributed by atoms with van der Waals surface area (Å²) < 4.78 is 0. The highest BCUT2D eigenvalue weighted by Gasteiger charge is 2.33. The van der Waals surface area contributed by atoms with Crippen LogP contribution < -0.4 is 9.80 Å². The normalized spacial score (nSPS) is 23.9. The smallest absolute Gasteiger partial charge is 0.214 e. The van der Waals surface area contributed by atoms with Gasteiger partial charge in [-0.1, -0.05) is 12.1 Å². The zero-order valence-corrected chi connectivity index (χ0v) is 9.33. The van der Waals surface area contributed by atoms with Gasteiger partial charge in [-0.05, 0) is 26.0 Å². The third-order valence-corrected chi connectivity index (χ3v) is 3.24. The summed E-state index contributed by atoms with van der Waals surface area (Å²) >= 11 is 0. The first-order valence-corrected chi connectivity index (χ1v) is 5.27. The highest BCUT2D eigenvalue weighted by Crippen LogP contribution is 2.36. The van der Waals surface area contributed by atoms with Crippen LogP contribution in [0.5, 0.6) is 0 Å². The standard InChI is InChI=1S/C12H14N2O2/c1-9-10(2)14(8-16)12-6-4-3-5-11(12)13(9)7-15/h3-10H,1-2H3/t9-,10+. The predicted octanol–water partition coefficient (Wildman–Crippen LogP) is 1.40. The Labute approximate surface area is 94.5 Å².